The summed E-state index contributed by atoms with van der Waals surface area (Å²) in [4.78, 5) is 14.4. The Morgan fingerprint density at radius 3 is 1.66 bits per heavy atom. The second-order valence-electron chi connectivity index (χ2n) is 12.8. The highest BCUT2D eigenvalue weighted by Gasteiger charge is 2.30. The Balaban J connectivity index is 1.33. The van der Waals surface area contributed by atoms with Gasteiger partial charge in [-0.3, -0.25) is 4.40 Å². The van der Waals surface area contributed by atoms with E-state index in [0.29, 0.717) is 71.2 Å². The molecular weight excluding hydrogens is 665 g/mol. The van der Waals surface area contributed by atoms with Crippen molar-refractivity contribution in [2.45, 2.75) is 0 Å². The van der Waals surface area contributed by atoms with Gasteiger partial charge in [0.1, 0.15) is 17.7 Å². The van der Waals surface area contributed by atoms with Crippen molar-refractivity contribution in [1.29, 1.82) is 10.5 Å². The maximum Gasteiger partial charge on any atom is 0.220 e. The van der Waals surface area contributed by atoms with Gasteiger partial charge >= 0.3 is 0 Å². The number of fused-ring (bicyclic) bond motifs is 11. The lowest BCUT2D eigenvalue weighted by atomic mass is 9.86. The van der Waals surface area contributed by atoms with Gasteiger partial charge in [-0.2, -0.15) is 10.5 Å². The highest BCUT2D eigenvalue weighted by Crippen LogP contribution is 2.58. The molecule has 10 rings (SSSR count). The van der Waals surface area contributed by atoms with Gasteiger partial charge in [0.2, 0.25) is 5.82 Å². The molecule has 0 amide bonds. The molecule has 0 aliphatic carbocycles. The lowest BCUT2D eigenvalue weighted by Crippen LogP contribution is -2.00. The summed E-state index contributed by atoms with van der Waals surface area (Å²) in [6.45, 7) is 0. The monoisotopic (exact) mass is 686 g/mol. The number of phenols is 4. The maximum atomic E-state index is 11.9. The van der Waals surface area contributed by atoms with E-state index in [1.807, 2.05) is 24.3 Å². The third-order valence-corrected chi connectivity index (χ3v) is 10.1. The zero-order valence-corrected chi connectivity index (χ0v) is 27.4. The summed E-state index contributed by atoms with van der Waals surface area (Å²) in [6, 6.07) is 35.2. The second-order valence-corrected chi connectivity index (χ2v) is 12.8. The predicted octanol–water partition coefficient (Wildman–Crippen LogP) is 8.94. The highest BCUT2D eigenvalue weighted by atomic mass is 16.3. The lowest BCUT2D eigenvalue weighted by Gasteiger charge is -2.20. The predicted molar refractivity (Wildman–Crippen MR) is 203 cm³/mol. The zero-order chi connectivity index (χ0) is 36.1. The van der Waals surface area contributed by atoms with Crippen molar-refractivity contribution in [3.05, 3.63) is 121 Å². The molecule has 0 radical (unpaired) electrons. The average molecular weight is 687 g/mol. The largest absolute Gasteiger partial charge is 0.504 e. The van der Waals surface area contributed by atoms with Crippen LogP contribution < -0.4 is 0 Å². The van der Waals surface area contributed by atoms with Crippen LogP contribution in [-0.4, -0.2) is 39.8 Å². The van der Waals surface area contributed by atoms with Crippen LogP contribution in [0, 0.1) is 22.7 Å². The molecule has 7 aromatic carbocycles. The number of hydrogen-bond acceptors (Lipinski definition) is 9. The molecule has 10 aromatic rings. The number of hydrogen-bond donors (Lipinski definition) is 4. The summed E-state index contributed by atoms with van der Waals surface area (Å²) >= 11 is 0. The van der Waals surface area contributed by atoms with Crippen molar-refractivity contribution < 1.29 is 20.4 Å². The number of imidazole rings is 1. The van der Waals surface area contributed by atoms with Gasteiger partial charge in [-0.15, -0.1) is 0 Å². The Morgan fingerprint density at radius 2 is 1.04 bits per heavy atom. The molecule has 0 saturated carbocycles. The van der Waals surface area contributed by atoms with E-state index in [9.17, 15) is 30.9 Å². The Hall–Kier alpha value is -7.95. The summed E-state index contributed by atoms with van der Waals surface area (Å²) in [7, 11) is 0. The summed E-state index contributed by atoms with van der Waals surface area (Å²) in [6.07, 6.45) is 1.71. The number of aromatic nitrogens is 4. The molecule has 0 saturated heterocycles. The van der Waals surface area contributed by atoms with E-state index in [4.69, 9.17) is 9.97 Å². The van der Waals surface area contributed by atoms with Crippen molar-refractivity contribution in [3.8, 4) is 57.4 Å². The van der Waals surface area contributed by atoms with E-state index < -0.39 is 23.0 Å². The molecule has 3 aromatic heterocycles. The average Bonchev–Trinajstić information content (AvgIpc) is 3.60. The molecule has 0 unspecified atom stereocenters. The molecule has 4 N–H and O–H groups in total. The van der Waals surface area contributed by atoms with Crippen LogP contribution in [-0.2, 0) is 0 Å². The standard InChI is InChI=1S/C43H22N6O4/c44-18-31-23-11-3-6-14-26(23)33(27-15-7-4-12-24(27)31)35-40(52)38(50)34(39(51)41(35)53)29-17-30-36(28-16-8-5-13-25(28)29)47-32(19-45)49-42(30)48-37-22-10-2-1-9-21(22)20-46-43(37)49/h1-17,20,50-53H. The van der Waals surface area contributed by atoms with E-state index in [0.717, 1.165) is 10.8 Å². The number of aromatic hydroxyl groups is 4. The molecular formula is C43H22N6O4. The summed E-state index contributed by atoms with van der Waals surface area (Å²) in [5, 5.41) is 73.6. The van der Waals surface area contributed by atoms with Crippen molar-refractivity contribution >= 4 is 70.8 Å². The molecule has 0 aliphatic rings. The van der Waals surface area contributed by atoms with Crippen LogP contribution in [0.5, 0.6) is 23.0 Å². The van der Waals surface area contributed by atoms with Crippen LogP contribution in [0.15, 0.2) is 109 Å². The van der Waals surface area contributed by atoms with Crippen molar-refractivity contribution in [3.63, 3.8) is 0 Å². The SMILES string of the molecule is N#Cc1c2ccccc2c(-c2c(O)c(O)c(-c3cc4c(nc(C#N)n5c4nc4c6ccccc6cnc45)c4ccccc34)c(O)c2O)c2ccccc12. The summed E-state index contributed by atoms with van der Waals surface area (Å²) < 4.78 is 1.58. The first-order chi connectivity index (χ1) is 25.9. The van der Waals surface area contributed by atoms with Crippen molar-refractivity contribution in [2.75, 3.05) is 0 Å². The quantitative estimate of drug-likeness (QED) is 0.0599. The molecule has 10 nitrogen and oxygen atoms in total. The van der Waals surface area contributed by atoms with E-state index >= 15 is 0 Å². The Labute approximate surface area is 298 Å². The number of nitriles is 2. The first-order valence-corrected chi connectivity index (χ1v) is 16.6. The van der Waals surface area contributed by atoms with E-state index in [2.05, 4.69) is 17.1 Å². The topological polar surface area (TPSA) is 172 Å². The van der Waals surface area contributed by atoms with E-state index in [-0.39, 0.29) is 22.5 Å². The number of phenolic OH excluding ortho intramolecular Hbond substituents is 4. The fourth-order valence-electron chi connectivity index (χ4n) is 7.85. The number of rotatable bonds is 2. The summed E-state index contributed by atoms with van der Waals surface area (Å²) in [5.41, 5.74) is 2.45. The van der Waals surface area contributed by atoms with Crippen LogP contribution in [0.1, 0.15) is 11.4 Å². The van der Waals surface area contributed by atoms with Gasteiger partial charge in [-0.1, -0.05) is 97.1 Å². The van der Waals surface area contributed by atoms with Crippen LogP contribution in [0.4, 0.5) is 0 Å². The maximum absolute atomic E-state index is 11.9. The number of nitrogens with zero attached hydrogens (tertiary/aromatic N) is 6. The van der Waals surface area contributed by atoms with Gasteiger partial charge in [0, 0.05) is 44.1 Å². The van der Waals surface area contributed by atoms with E-state index in [1.165, 1.54) is 0 Å². The Kier molecular flexibility index (Phi) is 6.08. The van der Waals surface area contributed by atoms with Gasteiger partial charge < -0.3 is 20.4 Å². The molecule has 0 fully saturated rings. The molecule has 0 aliphatic heterocycles. The van der Waals surface area contributed by atoms with E-state index in [1.54, 1.807) is 89.5 Å². The number of pyridine rings is 1. The molecule has 3 heterocycles. The molecule has 0 spiro atoms. The van der Waals surface area contributed by atoms with Crippen LogP contribution >= 0.6 is 0 Å². The highest BCUT2D eigenvalue weighted by molar-refractivity contribution is 6.21. The molecule has 248 valence electrons. The van der Waals surface area contributed by atoms with Gasteiger partial charge in [-0.05, 0) is 27.8 Å². The van der Waals surface area contributed by atoms with Crippen LogP contribution in [0.25, 0.3) is 93.1 Å². The molecule has 0 bridgehead atoms. The minimum Gasteiger partial charge on any atom is -0.504 e. The van der Waals surface area contributed by atoms with Crippen LogP contribution in [0.2, 0.25) is 0 Å². The second kappa shape index (κ2) is 10.8. The minimum atomic E-state index is -0.670. The lowest BCUT2D eigenvalue weighted by molar-refractivity contribution is 0.378. The molecule has 10 heteroatoms. The van der Waals surface area contributed by atoms with Gasteiger partial charge in [0.15, 0.2) is 34.3 Å². The fourth-order valence-corrected chi connectivity index (χ4v) is 7.85. The fraction of sp³-hybridized carbons (Fsp3) is 0. The number of benzene rings is 7. The Bertz CT molecular complexity index is 3290. The minimum absolute atomic E-state index is 0.0721. The molecule has 53 heavy (non-hydrogen) atoms. The molecule has 0 atom stereocenters. The Morgan fingerprint density at radius 1 is 0.491 bits per heavy atom. The zero-order valence-electron chi connectivity index (χ0n) is 27.4. The third kappa shape index (κ3) is 3.91. The van der Waals surface area contributed by atoms with Crippen LogP contribution in [0.3, 0.4) is 0 Å². The first-order valence-electron chi connectivity index (χ1n) is 16.6. The van der Waals surface area contributed by atoms with Gasteiger partial charge in [0.25, 0.3) is 0 Å². The van der Waals surface area contributed by atoms with Crippen molar-refractivity contribution in [1.82, 2.24) is 19.4 Å². The van der Waals surface area contributed by atoms with Gasteiger partial charge in [-0.25, -0.2) is 15.0 Å². The summed E-state index contributed by atoms with van der Waals surface area (Å²) in [5.74, 6) is -2.59. The van der Waals surface area contributed by atoms with Crippen molar-refractivity contribution in [2.24, 2.45) is 0 Å². The van der Waals surface area contributed by atoms with Gasteiger partial charge in [0.05, 0.1) is 22.2 Å². The smallest absolute Gasteiger partial charge is 0.220 e. The normalized spacial score (nSPS) is 11.7. The first kappa shape index (κ1) is 29.9. The third-order valence-electron chi connectivity index (χ3n) is 10.1.